The highest BCUT2D eigenvalue weighted by Gasteiger charge is 1.98. The number of hydrogen-bond acceptors (Lipinski definition) is 2. The van der Waals surface area contributed by atoms with Crippen LogP contribution in [0, 0.1) is 0 Å². The van der Waals surface area contributed by atoms with Gasteiger partial charge in [0.15, 0.2) is 0 Å². The van der Waals surface area contributed by atoms with Gasteiger partial charge in [-0.2, -0.15) is 0 Å². The summed E-state index contributed by atoms with van der Waals surface area (Å²) in [5.74, 6) is 1.28. The number of aromatic hydroxyl groups is 1. The van der Waals surface area contributed by atoms with Crippen LogP contribution in [0.15, 0.2) is 48.5 Å². The first kappa shape index (κ1) is 14.4. The number of hydrogen-bond donors (Lipinski definition) is 1. The number of phenolic OH excluding ortho intramolecular Hbond substituents is 1. The van der Waals surface area contributed by atoms with Crippen LogP contribution in [0.5, 0.6) is 11.5 Å². The lowest BCUT2D eigenvalue weighted by Crippen LogP contribution is -1.90. The molecule has 20 heavy (non-hydrogen) atoms. The third-order valence-electron chi connectivity index (χ3n) is 3.50. The highest BCUT2D eigenvalue weighted by atomic mass is 16.5. The zero-order chi connectivity index (χ0) is 14.2. The van der Waals surface area contributed by atoms with Crippen molar-refractivity contribution in [2.45, 2.75) is 32.1 Å². The van der Waals surface area contributed by atoms with Gasteiger partial charge in [-0.05, 0) is 61.1 Å². The molecule has 0 fully saturated rings. The number of methoxy groups -OCH3 is 1. The number of benzene rings is 2. The van der Waals surface area contributed by atoms with Gasteiger partial charge in [-0.15, -0.1) is 0 Å². The molecule has 0 saturated carbocycles. The molecule has 1 N–H and O–H groups in total. The highest BCUT2D eigenvalue weighted by molar-refractivity contribution is 5.28. The van der Waals surface area contributed by atoms with Crippen molar-refractivity contribution in [3.05, 3.63) is 59.7 Å². The second-order valence-electron chi connectivity index (χ2n) is 5.08. The second-order valence-corrected chi connectivity index (χ2v) is 5.08. The monoisotopic (exact) mass is 270 g/mol. The molecule has 0 amide bonds. The van der Waals surface area contributed by atoms with Crippen molar-refractivity contribution in [1.82, 2.24) is 0 Å². The van der Waals surface area contributed by atoms with Gasteiger partial charge in [0.25, 0.3) is 0 Å². The van der Waals surface area contributed by atoms with Gasteiger partial charge in [-0.1, -0.05) is 30.7 Å². The number of unbranched alkanes of at least 4 members (excludes halogenated alkanes) is 2. The minimum absolute atomic E-state index is 0.340. The molecule has 2 aromatic rings. The molecule has 2 aromatic carbocycles. The van der Waals surface area contributed by atoms with E-state index < -0.39 is 0 Å². The fourth-order valence-corrected chi connectivity index (χ4v) is 2.33. The maximum absolute atomic E-state index is 9.22. The van der Waals surface area contributed by atoms with Crippen LogP contribution in [0.1, 0.15) is 30.4 Å². The maximum atomic E-state index is 9.22. The molecule has 0 saturated heterocycles. The van der Waals surface area contributed by atoms with Gasteiger partial charge < -0.3 is 9.84 Å². The van der Waals surface area contributed by atoms with E-state index in [1.54, 1.807) is 19.2 Å². The number of ether oxygens (including phenoxy) is 1. The Labute approximate surface area is 121 Å². The summed E-state index contributed by atoms with van der Waals surface area (Å²) in [6, 6.07) is 15.8. The van der Waals surface area contributed by atoms with E-state index in [9.17, 15) is 5.11 Å². The van der Waals surface area contributed by atoms with Crippen molar-refractivity contribution < 1.29 is 9.84 Å². The largest absolute Gasteiger partial charge is 0.508 e. The molecular weight excluding hydrogens is 248 g/mol. The van der Waals surface area contributed by atoms with Crippen LogP contribution >= 0.6 is 0 Å². The average Bonchev–Trinajstić information content (AvgIpc) is 2.49. The second kappa shape index (κ2) is 7.59. The van der Waals surface area contributed by atoms with Crippen LogP contribution in [0.2, 0.25) is 0 Å². The summed E-state index contributed by atoms with van der Waals surface area (Å²) in [5, 5.41) is 9.22. The van der Waals surface area contributed by atoms with Crippen molar-refractivity contribution in [2.24, 2.45) is 0 Å². The fraction of sp³-hybridized carbons (Fsp3) is 0.333. The summed E-state index contributed by atoms with van der Waals surface area (Å²) in [5.41, 5.74) is 2.64. The predicted octanol–water partition coefficient (Wildman–Crippen LogP) is 4.36. The van der Waals surface area contributed by atoms with E-state index in [-0.39, 0.29) is 0 Å². The van der Waals surface area contributed by atoms with Crippen molar-refractivity contribution in [1.29, 1.82) is 0 Å². The summed E-state index contributed by atoms with van der Waals surface area (Å²) in [6.45, 7) is 0. The van der Waals surface area contributed by atoms with E-state index in [1.807, 2.05) is 24.3 Å². The van der Waals surface area contributed by atoms with Crippen molar-refractivity contribution in [3.8, 4) is 11.5 Å². The zero-order valence-corrected chi connectivity index (χ0v) is 12.0. The molecule has 0 aliphatic heterocycles. The average molecular weight is 270 g/mol. The Morgan fingerprint density at radius 1 is 0.850 bits per heavy atom. The molecule has 106 valence electrons. The molecule has 0 aliphatic carbocycles. The van der Waals surface area contributed by atoms with E-state index in [0.717, 1.165) is 18.6 Å². The Hall–Kier alpha value is -1.96. The number of rotatable bonds is 7. The number of phenols is 1. The standard InChI is InChI=1S/C18H22O2/c1-20-18-9-5-8-16(14-18)7-4-2-3-6-15-10-12-17(19)13-11-15/h5,8-14,19H,2-4,6-7H2,1H3. The van der Waals surface area contributed by atoms with Gasteiger partial charge in [0.05, 0.1) is 7.11 Å². The van der Waals surface area contributed by atoms with E-state index >= 15 is 0 Å². The normalized spacial score (nSPS) is 10.4. The Bertz CT molecular complexity index is 517. The molecule has 0 unspecified atom stereocenters. The first-order chi connectivity index (χ1) is 9.78. The van der Waals surface area contributed by atoms with Crippen molar-refractivity contribution in [2.75, 3.05) is 7.11 Å². The quantitative estimate of drug-likeness (QED) is 0.758. The van der Waals surface area contributed by atoms with Gasteiger partial charge in [0, 0.05) is 0 Å². The molecule has 2 heteroatoms. The van der Waals surface area contributed by atoms with Crippen LogP contribution in [0.4, 0.5) is 0 Å². The predicted molar refractivity (Wildman–Crippen MR) is 82.4 cm³/mol. The van der Waals surface area contributed by atoms with Gasteiger partial charge in [0.2, 0.25) is 0 Å². The zero-order valence-electron chi connectivity index (χ0n) is 12.0. The minimum Gasteiger partial charge on any atom is -0.508 e. The molecule has 0 spiro atoms. The van der Waals surface area contributed by atoms with E-state index in [1.165, 1.54) is 30.4 Å². The SMILES string of the molecule is COc1cccc(CCCCCc2ccc(O)cc2)c1. The molecular formula is C18H22O2. The van der Waals surface area contributed by atoms with Crippen LogP contribution in [0.3, 0.4) is 0 Å². The van der Waals surface area contributed by atoms with Crippen LogP contribution in [-0.4, -0.2) is 12.2 Å². The van der Waals surface area contributed by atoms with Gasteiger partial charge in [0.1, 0.15) is 11.5 Å². The molecule has 2 nitrogen and oxygen atoms in total. The third kappa shape index (κ3) is 4.61. The molecule has 0 atom stereocenters. The smallest absolute Gasteiger partial charge is 0.119 e. The summed E-state index contributed by atoms with van der Waals surface area (Å²) in [6.07, 6.45) is 5.79. The van der Waals surface area contributed by atoms with Crippen LogP contribution in [-0.2, 0) is 12.8 Å². The van der Waals surface area contributed by atoms with E-state index in [4.69, 9.17) is 4.74 Å². The molecule has 0 radical (unpaired) electrons. The summed E-state index contributed by atoms with van der Waals surface area (Å²) in [4.78, 5) is 0. The molecule has 0 heterocycles. The highest BCUT2D eigenvalue weighted by Crippen LogP contribution is 2.16. The lowest BCUT2D eigenvalue weighted by Gasteiger charge is -2.05. The van der Waals surface area contributed by atoms with Crippen LogP contribution < -0.4 is 4.74 Å². The lowest BCUT2D eigenvalue weighted by molar-refractivity contribution is 0.414. The summed E-state index contributed by atoms with van der Waals surface area (Å²) >= 11 is 0. The Balaban J connectivity index is 1.67. The van der Waals surface area contributed by atoms with E-state index in [0.29, 0.717) is 5.75 Å². The Kier molecular flexibility index (Phi) is 5.48. The van der Waals surface area contributed by atoms with Gasteiger partial charge >= 0.3 is 0 Å². The molecule has 0 aromatic heterocycles. The summed E-state index contributed by atoms with van der Waals surface area (Å²) in [7, 11) is 1.71. The maximum Gasteiger partial charge on any atom is 0.119 e. The first-order valence-corrected chi connectivity index (χ1v) is 7.19. The Morgan fingerprint density at radius 3 is 2.25 bits per heavy atom. The van der Waals surface area contributed by atoms with E-state index in [2.05, 4.69) is 12.1 Å². The fourth-order valence-electron chi connectivity index (χ4n) is 2.33. The molecule has 2 rings (SSSR count). The minimum atomic E-state index is 0.340. The first-order valence-electron chi connectivity index (χ1n) is 7.19. The van der Waals surface area contributed by atoms with Gasteiger partial charge in [-0.25, -0.2) is 0 Å². The third-order valence-corrected chi connectivity index (χ3v) is 3.50. The van der Waals surface area contributed by atoms with Gasteiger partial charge in [-0.3, -0.25) is 0 Å². The lowest BCUT2D eigenvalue weighted by atomic mass is 10.0. The Morgan fingerprint density at radius 2 is 1.55 bits per heavy atom. The molecule has 0 aliphatic rings. The topological polar surface area (TPSA) is 29.5 Å². The van der Waals surface area contributed by atoms with Crippen LogP contribution in [0.25, 0.3) is 0 Å². The van der Waals surface area contributed by atoms with Crippen molar-refractivity contribution in [3.63, 3.8) is 0 Å². The summed E-state index contributed by atoms with van der Waals surface area (Å²) < 4.78 is 5.23. The number of aryl methyl sites for hydroxylation is 2. The molecule has 0 bridgehead atoms. The van der Waals surface area contributed by atoms with Crippen molar-refractivity contribution >= 4 is 0 Å².